The van der Waals surface area contributed by atoms with Crippen LogP contribution in [0.4, 0.5) is 0 Å². The Kier molecular flexibility index (Phi) is 52.4. The number of ether oxygens (including phenoxy) is 3. The second-order valence-electron chi connectivity index (χ2n) is 18.5. The molecule has 0 rings (SSSR count). The number of unbranched alkanes of at least 4 members (excludes halogenated alkanes) is 25. The first kappa shape index (κ1) is 63.6. The summed E-state index contributed by atoms with van der Waals surface area (Å²) in [4.78, 5) is 37.8. The monoisotopic (exact) mass is 933 g/mol. The molecule has 0 amide bonds. The Labute approximate surface area is 414 Å². The predicted molar refractivity (Wildman–Crippen MR) is 288 cm³/mol. The van der Waals surface area contributed by atoms with Crippen LogP contribution in [0.2, 0.25) is 0 Å². The molecule has 0 aliphatic rings. The zero-order valence-electron chi connectivity index (χ0n) is 43.9. The maximum Gasteiger partial charge on any atom is 0.306 e. The molecule has 0 N–H and O–H groups in total. The topological polar surface area (TPSA) is 78.9 Å². The van der Waals surface area contributed by atoms with Gasteiger partial charge in [-0.2, -0.15) is 0 Å². The molecule has 0 heterocycles. The molecule has 6 heteroatoms. The summed E-state index contributed by atoms with van der Waals surface area (Å²) in [7, 11) is 0. The fourth-order valence-corrected chi connectivity index (χ4v) is 7.66. The van der Waals surface area contributed by atoms with Gasteiger partial charge in [0.25, 0.3) is 0 Å². The minimum absolute atomic E-state index is 0.0782. The molecule has 0 fully saturated rings. The van der Waals surface area contributed by atoms with Gasteiger partial charge in [-0.05, 0) is 89.9 Å². The van der Waals surface area contributed by atoms with Gasteiger partial charge in [-0.15, -0.1) is 0 Å². The van der Waals surface area contributed by atoms with E-state index in [4.69, 9.17) is 14.2 Å². The van der Waals surface area contributed by atoms with Crippen LogP contribution >= 0.6 is 0 Å². The SMILES string of the molecule is CC/C=C\C/C=C\C/C=C\C/C=C\C/C=C\C/C=C\CCCCCCCCCCCCCCC(=O)OCC(COC(=O)CCCCCCCCC)OC(=O)CCCCCCC/C=C\CCCC. The van der Waals surface area contributed by atoms with Gasteiger partial charge in [0.15, 0.2) is 6.10 Å². The quantitative estimate of drug-likeness (QED) is 0.0262. The summed E-state index contributed by atoms with van der Waals surface area (Å²) in [5.41, 5.74) is 0. The summed E-state index contributed by atoms with van der Waals surface area (Å²) in [6.45, 7) is 6.43. The molecule has 0 saturated heterocycles. The molecule has 67 heavy (non-hydrogen) atoms. The molecule has 0 aliphatic heterocycles. The van der Waals surface area contributed by atoms with Gasteiger partial charge in [0.1, 0.15) is 13.2 Å². The van der Waals surface area contributed by atoms with E-state index >= 15 is 0 Å². The van der Waals surface area contributed by atoms with Crippen LogP contribution in [-0.4, -0.2) is 37.2 Å². The first-order valence-electron chi connectivity index (χ1n) is 28.1. The van der Waals surface area contributed by atoms with Crippen molar-refractivity contribution in [2.75, 3.05) is 13.2 Å². The Bertz CT molecular complexity index is 1300. The maximum atomic E-state index is 12.7. The first-order chi connectivity index (χ1) is 33.0. The number of rotatable bonds is 50. The Morgan fingerprint density at radius 3 is 0.970 bits per heavy atom. The molecule has 0 aromatic rings. The normalized spacial score (nSPS) is 12.7. The number of hydrogen-bond acceptors (Lipinski definition) is 6. The molecule has 6 nitrogen and oxygen atoms in total. The maximum absolute atomic E-state index is 12.7. The minimum atomic E-state index is -0.776. The molecule has 0 aromatic carbocycles. The summed E-state index contributed by atoms with van der Waals surface area (Å²) >= 11 is 0. The van der Waals surface area contributed by atoms with Gasteiger partial charge < -0.3 is 14.2 Å². The second kappa shape index (κ2) is 55.2. The fraction of sp³-hybridized carbons (Fsp3) is 0.721. The summed E-state index contributed by atoms with van der Waals surface area (Å²) in [5, 5.41) is 0. The van der Waals surface area contributed by atoms with Gasteiger partial charge in [0.05, 0.1) is 0 Å². The van der Waals surface area contributed by atoms with Gasteiger partial charge in [-0.25, -0.2) is 0 Å². The van der Waals surface area contributed by atoms with Gasteiger partial charge in [-0.1, -0.05) is 241 Å². The van der Waals surface area contributed by atoms with Crippen molar-refractivity contribution in [3.8, 4) is 0 Å². The van der Waals surface area contributed by atoms with E-state index in [0.29, 0.717) is 19.3 Å². The van der Waals surface area contributed by atoms with Crippen molar-refractivity contribution in [2.24, 2.45) is 0 Å². The fourth-order valence-electron chi connectivity index (χ4n) is 7.66. The van der Waals surface area contributed by atoms with Crippen molar-refractivity contribution in [2.45, 2.75) is 271 Å². The number of carbonyl (C=O) groups is 3. The summed E-state index contributed by atoms with van der Waals surface area (Å²) in [6, 6.07) is 0. The average Bonchev–Trinajstić information content (AvgIpc) is 3.33. The predicted octanol–water partition coefficient (Wildman–Crippen LogP) is 18.8. The Balaban J connectivity index is 4.05. The Hall–Kier alpha value is -3.41. The molecule has 0 aromatic heterocycles. The molecule has 1 atom stereocenters. The molecule has 0 radical (unpaired) electrons. The molecule has 0 spiro atoms. The van der Waals surface area contributed by atoms with Crippen LogP contribution in [-0.2, 0) is 28.6 Å². The van der Waals surface area contributed by atoms with Crippen molar-refractivity contribution in [1.29, 1.82) is 0 Å². The van der Waals surface area contributed by atoms with Crippen LogP contribution in [0, 0.1) is 0 Å². The van der Waals surface area contributed by atoms with Gasteiger partial charge in [-0.3, -0.25) is 14.4 Å². The van der Waals surface area contributed by atoms with Gasteiger partial charge in [0.2, 0.25) is 0 Å². The average molecular weight is 933 g/mol. The van der Waals surface area contributed by atoms with Crippen molar-refractivity contribution in [3.05, 3.63) is 85.1 Å². The lowest BCUT2D eigenvalue weighted by Gasteiger charge is -2.18. The van der Waals surface area contributed by atoms with Crippen LogP contribution < -0.4 is 0 Å². The molecule has 0 saturated carbocycles. The van der Waals surface area contributed by atoms with E-state index in [1.807, 2.05) is 0 Å². The third-order valence-corrected chi connectivity index (χ3v) is 11.9. The highest BCUT2D eigenvalue weighted by Crippen LogP contribution is 2.15. The zero-order chi connectivity index (χ0) is 48.6. The lowest BCUT2D eigenvalue weighted by atomic mass is 10.0. The van der Waals surface area contributed by atoms with Crippen LogP contribution in [0.25, 0.3) is 0 Å². The van der Waals surface area contributed by atoms with Crippen LogP contribution in [0.5, 0.6) is 0 Å². The van der Waals surface area contributed by atoms with E-state index in [9.17, 15) is 14.4 Å². The Morgan fingerprint density at radius 1 is 0.313 bits per heavy atom. The number of allylic oxidation sites excluding steroid dienone is 14. The second-order valence-corrected chi connectivity index (χ2v) is 18.5. The van der Waals surface area contributed by atoms with Crippen molar-refractivity contribution in [3.63, 3.8) is 0 Å². The first-order valence-corrected chi connectivity index (χ1v) is 28.1. The van der Waals surface area contributed by atoms with Gasteiger partial charge in [0, 0.05) is 19.3 Å². The van der Waals surface area contributed by atoms with E-state index in [2.05, 4.69) is 106 Å². The highest BCUT2D eigenvalue weighted by molar-refractivity contribution is 5.71. The van der Waals surface area contributed by atoms with Crippen molar-refractivity contribution in [1.82, 2.24) is 0 Å². The van der Waals surface area contributed by atoms with Crippen LogP contribution in [0.15, 0.2) is 85.1 Å². The minimum Gasteiger partial charge on any atom is -0.462 e. The zero-order valence-corrected chi connectivity index (χ0v) is 43.9. The van der Waals surface area contributed by atoms with E-state index < -0.39 is 6.10 Å². The van der Waals surface area contributed by atoms with E-state index in [1.54, 1.807) is 0 Å². The number of hydrogen-bond donors (Lipinski definition) is 0. The summed E-state index contributed by atoms with van der Waals surface area (Å²) in [6.07, 6.45) is 71.8. The Morgan fingerprint density at radius 2 is 0.597 bits per heavy atom. The van der Waals surface area contributed by atoms with E-state index in [-0.39, 0.29) is 31.1 Å². The van der Waals surface area contributed by atoms with E-state index in [0.717, 1.165) is 109 Å². The molecular formula is C61H104O6. The van der Waals surface area contributed by atoms with Crippen molar-refractivity contribution >= 4 is 17.9 Å². The van der Waals surface area contributed by atoms with Crippen molar-refractivity contribution < 1.29 is 28.6 Å². The smallest absolute Gasteiger partial charge is 0.306 e. The third kappa shape index (κ3) is 53.4. The van der Waals surface area contributed by atoms with E-state index in [1.165, 1.54) is 116 Å². The molecular weight excluding hydrogens is 829 g/mol. The third-order valence-electron chi connectivity index (χ3n) is 11.9. The highest BCUT2D eigenvalue weighted by atomic mass is 16.6. The molecule has 384 valence electrons. The number of esters is 3. The molecule has 0 aliphatic carbocycles. The molecule has 1 unspecified atom stereocenters. The highest BCUT2D eigenvalue weighted by Gasteiger charge is 2.19. The van der Waals surface area contributed by atoms with Gasteiger partial charge >= 0.3 is 17.9 Å². The summed E-state index contributed by atoms with van der Waals surface area (Å²) in [5.74, 6) is -0.895. The number of carbonyl (C=O) groups excluding carboxylic acids is 3. The lowest BCUT2D eigenvalue weighted by molar-refractivity contribution is -0.167. The summed E-state index contributed by atoms with van der Waals surface area (Å²) < 4.78 is 16.7. The molecule has 0 bridgehead atoms. The lowest BCUT2D eigenvalue weighted by Crippen LogP contribution is -2.30. The standard InChI is InChI=1S/C61H104O6/c1-4-7-10-13-16-18-20-21-22-23-24-25-26-27-28-29-30-31-32-33-34-35-36-37-38-39-41-42-45-48-51-54-60(63)66-57-58(56-65-59(62)53-50-47-44-15-12-9-6-3)67-61(64)55-52-49-46-43-40-19-17-14-11-8-5-2/h7,10,14,16-18,21-22,24-25,27-28,30-31,58H,4-6,8-9,11-13,15,19-20,23,26,29,32-57H2,1-3H3/b10-7-,17-14-,18-16-,22-21-,25-24-,28-27-,31-30-. The largest absolute Gasteiger partial charge is 0.462 e. The van der Waals surface area contributed by atoms with Crippen LogP contribution in [0.1, 0.15) is 265 Å². The van der Waals surface area contributed by atoms with Crippen LogP contribution in [0.3, 0.4) is 0 Å².